The van der Waals surface area contributed by atoms with Crippen molar-refractivity contribution in [3.05, 3.63) is 17.0 Å². The van der Waals surface area contributed by atoms with E-state index >= 15 is 0 Å². The van der Waals surface area contributed by atoms with E-state index in [-0.39, 0.29) is 0 Å². The van der Waals surface area contributed by atoms with Crippen LogP contribution in [0.5, 0.6) is 0 Å². The molecular formula is C10H15ClN2S. The Morgan fingerprint density at radius 2 is 2.00 bits per heavy atom. The van der Waals surface area contributed by atoms with E-state index < -0.39 is 0 Å². The Hall–Kier alpha value is -0.280. The first kappa shape index (κ1) is 11.8. The molecule has 0 fully saturated rings. The molecule has 0 aliphatic rings. The van der Waals surface area contributed by atoms with Gasteiger partial charge in [0.05, 0.1) is 0 Å². The number of aryl methyl sites for hydroxylation is 1. The zero-order valence-corrected chi connectivity index (χ0v) is 10.5. The lowest BCUT2D eigenvalue weighted by Crippen LogP contribution is -2.06. The van der Waals surface area contributed by atoms with Crippen LogP contribution in [-0.2, 0) is 0 Å². The molecule has 1 rings (SSSR count). The monoisotopic (exact) mass is 230 g/mol. The molecule has 1 aromatic rings. The van der Waals surface area contributed by atoms with Gasteiger partial charge in [-0.15, -0.1) is 11.8 Å². The third-order valence-electron chi connectivity index (χ3n) is 2.13. The minimum Gasteiger partial charge on any atom is -0.226 e. The number of nitrogens with zero attached hydrogens (tertiary/aromatic N) is 2. The molecule has 2 nitrogen and oxygen atoms in total. The molecule has 0 bridgehead atoms. The highest BCUT2D eigenvalue weighted by Gasteiger charge is 2.12. The predicted molar refractivity (Wildman–Crippen MR) is 61.9 cm³/mol. The van der Waals surface area contributed by atoms with Crippen LogP contribution in [0.15, 0.2) is 11.2 Å². The van der Waals surface area contributed by atoms with Crippen LogP contribution in [0, 0.1) is 12.8 Å². The summed E-state index contributed by atoms with van der Waals surface area (Å²) in [6, 6.07) is 0. The maximum Gasteiger partial charge on any atom is 0.223 e. The first-order valence-electron chi connectivity index (χ1n) is 4.66. The van der Waals surface area contributed by atoms with Crippen molar-refractivity contribution in [1.82, 2.24) is 9.97 Å². The lowest BCUT2D eigenvalue weighted by Gasteiger charge is -2.15. The highest BCUT2D eigenvalue weighted by Crippen LogP contribution is 2.28. The fourth-order valence-electron chi connectivity index (χ4n) is 0.838. The first-order chi connectivity index (χ1) is 6.50. The van der Waals surface area contributed by atoms with Crippen LogP contribution >= 0.6 is 23.4 Å². The van der Waals surface area contributed by atoms with Crippen molar-refractivity contribution >= 4 is 23.4 Å². The minimum atomic E-state index is 0.328. The third kappa shape index (κ3) is 3.14. The van der Waals surface area contributed by atoms with Crippen LogP contribution in [0.25, 0.3) is 0 Å². The van der Waals surface area contributed by atoms with E-state index in [0.717, 1.165) is 10.6 Å². The van der Waals surface area contributed by atoms with Crippen molar-refractivity contribution < 1.29 is 0 Å². The normalized spacial score (nSPS) is 13.3. The van der Waals surface area contributed by atoms with E-state index in [2.05, 4.69) is 30.7 Å². The number of thioether (sulfide) groups is 1. The molecule has 0 aliphatic heterocycles. The van der Waals surface area contributed by atoms with Gasteiger partial charge < -0.3 is 0 Å². The summed E-state index contributed by atoms with van der Waals surface area (Å²) in [5.41, 5.74) is 1.09. The second-order valence-electron chi connectivity index (χ2n) is 3.69. The van der Waals surface area contributed by atoms with E-state index in [4.69, 9.17) is 11.6 Å². The molecule has 1 atom stereocenters. The Bertz CT molecular complexity index is 315. The van der Waals surface area contributed by atoms with Crippen LogP contribution < -0.4 is 0 Å². The van der Waals surface area contributed by atoms with Gasteiger partial charge in [0, 0.05) is 11.4 Å². The Balaban J connectivity index is 2.80. The highest BCUT2D eigenvalue weighted by molar-refractivity contribution is 7.99. The summed E-state index contributed by atoms with van der Waals surface area (Å²) in [5.74, 6) is 0.633. The Kier molecular flexibility index (Phi) is 4.20. The number of rotatable bonds is 3. The summed E-state index contributed by atoms with van der Waals surface area (Å²) >= 11 is 7.50. The van der Waals surface area contributed by atoms with Crippen LogP contribution in [-0.4, -0.2) is 15.2 Å². The van der Waals surface area contributed by atoms with E-state index in [1.807, 2.05) is 6.92 Å². The SMILES string of the molecule is Cc1cnc(Cl)nc1SC(C)C(C)C. The van der Waals surface area contributed by atoms with Crippen LogP contribution in [0.4, 0.5) is 0 Å². The van der Waals surface area contributed by atoms with E-state index in [9.17, 15) is 0 Å². The zero-order chi connectivity index (χ0) is 10.7. The smallest absolute Gasteiger partial charge is 0.223 e. The molecule has 0 spiro atoms. The van der Waals surface area contributed by atoms with Crippen molar-refractivity contribution in [3.63, 3.8) is 0 Å². The molecule has 0 saturated heterocycles. The lowest BCUT2D eigenvalue weighted by atomic mass is 10.2. The average Bonchev–Trinajstić information content (AvgIpc) is 2.11. The molecule has 1 heterocycles. The van der Waals surface area contributed by atoms with Gasteiger partial charge in [0.15, 0.2) is 0 Å². The van der Waals surface area contributed by atoms with Gasteiger partial charge in [-0.1, -0.05) is 20.8 Å². The molecule has 14 heavy (non-hydrogen) atoms. The summed E-state index contributed by atoms with van der Waals surface area (Å²) in [4.78, 5) is 8.14. The molecule has 0 N–H and O–H groups in total. The summed E-state index contributed by atoms with van der Waals surface area (Å²) in [6.07, 6.45) is 1.77. The summed E-state index contributed by atoms with van der Waals surface area (Å²) in [5, 5.41) is 1.86. The third-order valence-corrected chi connectivity index (χ3v) is 3.87. The zero-order valence-electron chi connectivity index (χ0n) is 8.91. The second kappa shape index (κ2) is 4.99. The number of hydrogen-bond donors (Lipinski definition) is 0. The van der Waals surface area contributed by atoms with E-state index in [0.29, 0.717) is 16.5 Å². The molecule has 0 radical (unpaired) electrons. The number of halogens is 1. The van der Waals surface area contributed by atoms with Crippen molar-refractivity contribution in [2.75, 3.05) is 0 Å². The Morgan fingerprint density at radius 3 is 2.57 bits per heavy atom. The number of aromatic nitrogens is 2. The quantitative estimate of drug-likeness (QED) is 0.451. The van der Waals surface area contributed by atoms with Gasteiger partial charge in [-0.2, -0.15) is 0 Å². The number of hydrogen-bond acceptors (Lipinski definition) is 3. The standard InChI is InChI=1S/C10H15ClN2S/c1-6(2)8(4)14-9-7(3)5-12-10(11)13-9/h5-6,8H,1-4H3. The molecule has 0 aromatic carbocycles. The van der Waals surface area contributed by atoms with Crippen molar-refractivity contribution in [1.29, 1.82) is 0 Å². The Morgan fingerprint density at radius 1 is 1.36 bits per heavy atom. The first-order valence-corrected chi connectivity index (χ1v) is 5.92. The molecule has 1 aromatic heterocycles. The molecule has 0 amide bonds. The van der Waals surface area contributed by atoms with Crippen LogP contribution in [0.1, 0.15) is 26.3 Å². The fourth-order valence-corrected chi connectivity index (χ4v) is 2.02. The summed E-state index contributed by atoms with van der Waals surface area (Å²) in [6.45, 7) is 8.61. The predicted octanol–water partition coefficient (Wildman–Crippen LogP) is 3.58. The maximum atomic E-state index is 5.74. The summed E-state index contributed by atoms with van der Waals surface area (Å²) < 4.78 is 0. The summed E-state index contributed by atoms with van der Waals surface area (Å²) in [7, 11) is 0. The van der Waals surface area contributed by atoms with Crippen molar-refractivity contribution in [2.24, 2.45) is 5.92 Å². The van der Waals surface area contributed by atoms with Gasteiger partial charge in [-0.05, 0) is 30.0 Å². The van der Waals surface area contributed by atoms with Gasteiger partial charge in [-0.3, -0.25) is 0 Å². The minimum absolute atomic E-state index is 0.328. The largest absolute Gasteiger partial charge is 0.226 e. The van der Waals surface area contributed by atoms with Gasteiger partial charge in [0.2, 0.25) is 5.28 Å². The molecule has 4 heteroatoms. The Labute approximate surface area is 94.5 Å². The van der Waals surface area contributed by atoms with E-state index in [1.165, 1.54) is 0 Å². The molecule has 0 saturated carbocycles. The van der Waals surface area contributed by atoms with Crippen molar-refractivity contribution in [3.8, 4) is 0 Å². The maximum absolute atomic E-state index is 5.74. The molecule has 1 unspecified atom stereocenters. The van der Waals surface area contributed by atoms with E-state index in [1.54, 1.807) is 18.0 Å². The lowest BCUT2D eigenvalue weighted by molar-refractivity contribution is 0.641. The van der Waals surface area contributed by atoms with Gasteiger partial charge in [-0.25, -0.2) is 9.97 Å². The van der Waals surface area contributed by atoms with Crippen LogP contribution in [0.2, 0.25) is 5.28 Å². The molecule has 0 aliphatic carbocycles. The average molecular weight is 231 g/mol. The van der Waals surface area contributed by atoms with Gasteiger partial charge in [0.1, 0.15) is 5.03 Å². The molecular weight excluding hydrogens is 216 g/mol. The highest BCUT2D eigenvalue weighted by atomic mass is 35.5. The fraction of sp³-hybridized carbons (Fsp3) is 0.600. The molecule has 78 valence electrons. The van der Waals surface area contributed by atoms with Gasteiger partial charge in [0.25, 0.3) is 0 Å². The second-order valence-corrected chi connectivity index (χ2v) is 5.40. The van der Waals surface area contributed by atoms with Crippen LogP contribution in [0.3, 0.4) is 0 Å². The van der Waals surface area contributed by atoms with Crippen molar-refractivity contribution in [2.45, 2.75) is 38.0 Å². The van der Waals surface area contributed by atoms with Gasteiger partial charge >= 0.3 is 0 Å². The topological polar surface area (TPSA) is 25.8 Å².